The van der Waals surface area contributed by atoms with Gasteiger partial charge in [0, 0.05) is 30.5 Å². The van der Waals surface area contributed by atoms with Crippen LogP contribution in [0.4, 0.5) is 0 Å². The highest BCUT2D eigenvalue weighted by molar-refractivity contribution is 6.30. The van der Waals surface area contributed by atoms with Gasteiger partial charge in [-0.25, -0.2) is 4.98 Å². The molecule has 0 atom stereocenters. The first-order chi connectivity index (χ1) is 9.15. The summed E-state index contributed by atoms with van der Waals surface area (Å²) in [6.07, 6.45) is 6.66. The number of carbonyl (C=O) groups is 1. The molecular formula is C14H14ClN3O. The molecule has 0 radical (unpaired) electrons. The van der Waals surface area contributed by atoms with Crippen molar-refractivity contribution < 1.29 is 4.79 Å². The first kappa shape index (κ1) is 13.4. The summed E-state index contributed by atoms with van der Waals surface area (Å²) in [5.41, 5.74) is 0.896. The molecule has 0 spiro atoms. The van der Waals surface area contributed by atoms with E-state index in [-0.39, 0.29) is 5.91 Å². The first-order valence-corrected chi connectivity index (χ1v) is 6.20. The van der Waals surface area contributed by atoms with Crippen molar-refractivity contribution in [2.75, 3.05) is 7.05 Å². The van der Waals surface area contributed by atoms with Crippen molar-refractivity contribution in [3.8, 4) is 0 Å². The van der Waals surface area contributed by atoms with Crippen molar-refractivity contribution in [1.82, 2.24) is 14.9 Å². The highest BCUT2D eigenvalue weighted by Gasteiger charge is 2.06. The second-order valence-electron chi connectivity index (χ2n) is 4.12. The lowest BCUT2D eigenvalue weighted by Gasteiger charge is -2.12. The number of nitrogens with one attached hydrogen (secondary N) is 1. The van der Waals surface area contributed by atoms with Gasteiger partial charge in [-0.2, -0.15) is 0 Å². The van der Waals surface area contributed by atoms with Gasteiger partial charge < -0.3 is 9.88 Å². The van der Waals surface area contributed by atoms with Gasteiger partial charge in [-0.15, -0.1) is 0 Å². The zero-order valence-corrected chi connectivity index (χ0v) is 11.3. The number of nitrogens with zero attached hydrogens (tertiary/aromatic N) is 2. The maximum absolute atomic E-state index is 11.9. The lowest BCUT2D eigenvalue weighted by Crippen LogP contribution is -2.24. The van der Waals surface area contributed by atoms with E-state index in [1.165, 1.54) is 6.08 Å². The molecule has 0 aliphatic rings. The van der Waals surface area contributed by atoms with E-state index in [4.69, 9.17) is 11.6 Å². The molecule has 2 aromatic rings. The van der Waals surface area contributed by atoms with Crippen molar-refractivity contribution in [2.45, 2.75) is 6.54 Å². The fourth-order valence-corrected chi connectivity index (χ4v) is 1.79. The van der Waals surface area contributed by atoms with Crippen LogP contribution in [0.1, 0.15) is 11.4 Å². The van der Waals surface area contributed by atoms with Crippen molar-refractivity contribution >= 4 is 23.6 Å². The van der Waals surface area contributed by atoms with E-state index in [1.807, 2.05) is 12.1 Å². The summed E-state index contributed by atoms with van der Waals surface area (Å²) in [4.78, 5) is 20.5. The molecule has 4 nitrogen and oxygen atoms in total. The van der Waals surface area contributed by atoms with E-state index < -0.39 is 0 Å². The van der Waals surface area contributed by atoms with Gasteiger partial charge in [0.15, 0.2) is 0 Å². The number of hydrogen-bond acceptors (Lipinski definition) is 2. The fourth-order valence-electron chi connectivity index (χ4n) is 1.59. The Morgan fingerprint density at radius 3 is 3.05 bits per heavy atom. The molecule has 0 bridgehead atoms. The normalized spacial score (nSPS) is 10.8. The van der Waals surface area contributed by atoms with Gasteiger partial charge in [0.2, 0.25) is 5.91 Å². The molecule has 19 heavy (non-hydrogen) atoms. The van der Waals surface area contributed by atoms with Gasteiger partial charge in [0.05, 0.1) is 6.54 Å². The molecule has 1 aromatic carbocycles. The Bertz CT molecular complexity index is 578. The number of carbonyl (C=O) groups excluding carboxylic acids is 1. The Hall–Kier alpha value is -2.07. The number of hydrogen-bond donors (Lipinski definition) is 1. The molecule has 0 fully saturated rings. The predicted molar refractivity (Wildman–Crippen MR) is 75.5 cm³/mol. The molecule has 2 rings (SSSR count). The molecule has 0 saturated carbocycles. The van der Waals surface area contributed by atoms with Crippen LogP contribution in [-0.2, 0) is 11.3 Å². The van der Waals surface area contributed by atoms with Gasteiger partial charge >= 0.3 is 0 Å². The molecule has 0 saturated heterocycles. The first-order valence-electron chi connectivity index (χ1n) is 5.82. The summed E-state index contributed by atoms with van der Waals surface area (Å²) in [6, 6.07) is 7.34. The SMILES string of the molecule is CN(Cc1ncc[nH]1)C(=O)C=Cc1cccc(Cl)c1. The summed E-state index contributed by atoms with van der Waals surface area (Å²) in [5.74, 6) is 0.670. The quantitative estimate of drug-likeness (QED) is 0.872. The number of aromatic amines is 1. The molecule has 5 heteroatoms. The van der Waals surface area contributed by atoms with Crippen LogP contribution in [0.5, 0.6) is 0 Å². The third-order valence-electron chi connectivity index (χ3n) is 2.59. The lowest BCUT2D eigenvalue weighted by atomic mass is 10.2. The second kappa shape index (κ2) is 6.20. The van der Waals surface area contributed by atoms with E-state index in [0.29, 0.717) is 11.6 Å². The standard InChI is InChI=1S/C14H14ClN3O/c1-18(10-13-16-7-8-17-13)14(19)6-5-11-3-2-4-12(15)9-11/h2-9H,10H2,1H3,(H,16,17). The number of aromatic nitrogens is 2. The van der Waals surface area contributed by atoms with Crippen molar-refractivity contribution in [3.63, 3.8) is 0 Å². The van der Waals surface area contributed by atoms with Crippen molar-refractivity contribution in [1.29, 1.82) is 0 Å². The minimum absolute atomic E-state index is 0.0867. The van der Waals surface area contributed by atoms with E-state index in [0.717, 1.165) is 11.4 Å². The van der Waals surface area contributed by atoms with Crippen LogP contribution in [0.25, 0.3) is 6.08 Å². The summed E-state index contributed by atoms with van der Waals surface area (Å²) in [6.45, 7) is 0.450. The van der Waals surface area contributed by atoms with Gasteiger partial charge in [-0.3, -0.25) is 4.79 Å². The zero-order valence-electron chi connectivity index (χ0n) is 10.5. The summed E-state index contributed by atoms with van der Waals surface area (Å²) >= 11 is 5.88. The van der Waals surface area contributed by atoms with Crippen LogP contribution in [0.15, 0.2) is 42.7 Å². The Morgan fingerprint density at radius 1 is 1.53 bits per heavy atom. The molecule has 1 heterocycles. The third-order valence-corrected chi connectivity index (χ3v) is 2.82. The average Bonchev–Trinajstić information content (AvgIpc) is 2.89. The van der Waals surface area contributed by atoms with Crippen molar-refractivity contribution in [2.24, 2.45) is 0 Å². The number of likely N-dealkylation sites (N-methyl/N-ethyl adjacent to an activating group) is 1. The predicted octanol–water partition coefficient (Wildman–Crippen LogP) is 2.73. The smallest absolute Gasteiger partial charge is 0.246 e. The molecule has 98 valence electrons. The zero-order chi connectivity index (χ0) is 13.7. The lowest BCUT2D eigenvalue weighted by molar-refractivity contribution is -0.125. The summed E-state index contributed by atoms with van der Waals surface area (Å²) < 4.78 is 0. The Morgan fingerprint density at radius 2 is 2.37 bits per heavy atom. The topological polar surface area (TPSA) is 49.0 Å². The van der Waals surface area contributed by atoms with Gasteiger partial charge in [-0.05, 0) is 23.8 Å². The second-order valence-corrected chi connectivity index (χ2v) is 4.55. The van der Waals surface area contributed by atoms with Crippen LogP contribution in [0, 0.1) is 0 Å². The largest absolute Gasteiger partial charge is 0.347 e. The number of rotatable bonds is 4. The highest BCUT2D eigenvalue weighted by atomic mass is 35.5. The van der Waals surface area contributed by atoms with Crippen LogP contribution in [0.2, 0.25) is 5.02 Å². The Labute approximate surface area is 116 Å². The van der Waals surface area contributed by atoms with Crippen LogP contribution in [-0.4, -0.2) is 27.8 Å². The number of benzene rings is 1. The number of H-pyrrole nitrogens is 1. The summed E-state index contributed by atoms with van der Waals surface area (Å²) in [7, 11) is 1.73. The molecule has 1 amide bonds. The van der Waals surface area contributed by atoms with Crippen LogP contribution < -0.4 is 0 Å². The maximum atomic E-state index is 11.9. The van der Waals surface area contributed by atoms with Crippen molar-refractivity contribution in [3.05, 3.63) is 59.1 Å². The molecule has 0 aliphatic heterocycles. The molecule has 0 unspecified atom stereocenters. The van der Waals surface area contributed by atoms with Gasteiger partial charge in [0.1, 0.15) is 5.82 Å². The molecular weight excluding hydrogens is 262 g/mol. The third kappa shape index (κ3) is 3.96. The monoisotopic (exact) mass is 275 g/mol. The molecule has 1 N–H and O–H groups in total. The maximum Gasteiger partial charge on any atom is 0.246 e. The van der Waals surface area contributed by atoms with Crippen LogP contribution in [0.3, 0.4) is 0 Å². The summed E-state index contributed by atoms with van der Waals surface area (Å²) in [5, 5.41) is 0.651. The van der Waals surface area contributed by atoms with E-state index in [2.05, 4.69) is 9.97 Å². The minimum atomic E-state index is -0.0867. The van der Waals surface area contributed by atoms with Gasteiger partial charge in [0.25, 0.3) is 0 Å². The number of amides is 1. The van der Waals surface area contributed by atoms with E-state index >= 15 is 0 Å². The fraction of sp³-hybridized carbons (Fsp3) is 0.143. The van der Waals surface area contributed by atoms with Gasteiger partial charge in [-0.1, -0.05) is 23.7 Å². The Kier molecular flexibility index (Phi) is 4.36. The minimum Gasteiger partial charge on any atom is -0.347 e. The average molecular weight is 276 g/mol. The highest BCUT2D eigenvalue weighted by Crippen LogP contribution is 2.12. The molecule has 0 aliphatic carbocycles. The number of imidazole rings is 1. The van der Waals surface area contributed by atoms with E-state index in [9.17, 15) is 4.79 Å². The van der Waals surface area contributed by atoms with Crippen LogP contribution >= 0.6 is 11.6 Å². The Balaban J connectivity index is 1.96. The van der Waals surface area contributed by atoms with E-state index in [1.54, 1.807) is 42.6 Å². The molecule has 1 aromatic heterocycles. The number of halogens is 1.